The van der Waals surface area contributed by atoms with E-state index in [1.807, 2.05) is 0 Å². The van der Waals surface area contributed by atoms with Gasteiger partial charge in [0.2, 0.25) is 0 Å². The van der Waals surface area contributed by atoms with Crippen molar-refractivity contribution >= 4 is 17.6 Å². The van der Waals surface area contributed by atoms with Crippen molar-refractivity contribution in [3.63, 3.8) is 0 Å². The second-order valence-corrected chi connectivity index (χ2v) is 3.60. The number of rotatable bonds is 3. The third-order valence-electron chi connectivity index (χ3n) is 1.37. The summed E-state index contributed by atoms with van der Waals surface area (Å²) in [6.07, 6.45) is 0.446. The highest BCUT2D eigenvalue weighted by molar-refractivity contribution is 6.29. The van der Waals surface area contributed by atoms with Crippen molar-refractivity contribution in [3.05, 3.63) is 11.6 Å². The number of carbonyl (C=O) groups is 1. The summed E-state index contributed by atoms with van der Waals surface area (Å²) < 4.78 is 4.58. The first-order chi connectivity index (χ1) is 4.90. The molecule has 0 aromatic carbocycles. The Balaban J connectivity index is 4.21. The van der Waals surface area contributed by atoms with Gasteiger partial charge in [-0.15, -0.1) is 0 Å². The van der Waals surface area contributed by atoms with Crippen molar-refractivity contribution in [2.24, 2.45) is 5.41 Å². The molecule has 0 spiro atoms. The fourth-order valence-electron chi connectivity index (χ4n) is 0.828. The summed E-state index contributed by atoms with van der Waals surface area (Å²) in [5.74, 6) is -0.265. The van der Waals surface area contributed by atoms with Gasteiger partial charge in [-0.3, -0.25) is 4.79 Å². The van der Waals surface area contributed by atoms with Crippen LogP contribution in [-0.2, 0) is 9.53 Å². The summed E-state index contributed by atoms with van der Waals surface area (Å²) in [6.45, 7) is 7.06. The molecule has 0 aromatic rings. The molecule has 11 heavy (non-hydrogen) atoms. The van der Waals surface area contributed by atoms with Crippen molar-refractivity contribution < 1.29 is 9.53 Å². The summed E-state index contributed by atoms with van der Waals surface area (Å²) in [4.78, 5) is 11.0. The SMILES string of the molecule is C=C(Cl)CC(C)(C)C(=O)OC. The number of hydrogen-bond acceptors (Lipinski definition) is 2. The van der Waals surface area contributed by atoms with Crippen molar-refractivity contribution in [1.82, 2.24) is 0 Å². The van der Waals surface area contributed by atoms with E-state index in [0.29, 0.717) is 11.5 Å². The van der Waals surface area contributed by atoms with Crippen LogP contribution in [0.25, 0.3) is 0 Å². The second-order valence-electron chi connectivity index (χ2n) is 3.07. The maximum Gasteiger partial charge on any atom is 0.311 e. The standard InChI is InChI=1S/C8H13ClO2/c1-6(9)5-8(2,3)7(10)11-4/h1,5H2,2-4H3. The van der Waals surface area contributed by atoms with Crippen molar-refractivity contribution in [2.75, 3.05) is 7.11 Å². The van der Waals surface area contributed by atoms with Gasteiger partial charge < -0.3 is 4.74 Å². The van der Waals surface area contributed by atoms with Crippen LogP contribution in [0.2, 0.25) is 0 Å². The van der Waals surface area contributed by atoms with E-state index in [9.17, 15) is 4.79 Å². The molecule has 0 rings (SSSR count). The Kier molecular flexibility index (Phi) is 3.59. The Morgan fingerprint density at radius 2 is 2.09 bits per heavy atom. The van der Waals surface area contributed by atoms with Gasteiger partial charge in [0.25, 0.3) is 0 Å². The van der Waals surface area contributed by atoms with Crippen LogP contribution in [-0.4, -0.2) is 13.1 Å². The molecule has 0 aliphatic heterocycles. The molecule has 2 nitrogen and oxygen atoms in total. The van der Waals surface area contributed by atoms with Crippen LogP contribution in [0.4, 0.5) is 0 Å². The highest BCUT2D eigenvalue weighted by Gasteiger charge is 2.28. The average Bonchev–Trinajstić information content (AvgIpc) is 1.83. The number of ether oxygens (including phenoxy) is 1. The predicted molar refractivity (Wildman–Crippen MR) is 45.4 cm³/mol. The van der Waals surface area contributed by atoms with Gasteiger partial charge in [-0.1, -0.05) is 18.2 Å². The minimum absolute atomic E-state index is 0.265. The fraction of sp³-hybridized carbons (Fsp3) is 0.625. The highest BCUT2D eigenvalue weighted by Crippen LogP contribution is 2.27. The molecule has 0 heterocycles. The van der Waals surface area contributed by atoms with E-state index in [0.717, 1.165) is 0 Å². The van der Waals surface area contributed by atoms with Gasteiger partial charge in [-0.2, -0.15) is 0 Å². The van der Waals surface area contributed by atoms with Crippen LogP contribution in [0.1, 0.15) is 20.3 Å². The maximum absolute atomic E-state index is 11.0. The van der Waals surface area contributed by atoms with Gasteiger partial charge >= 0.3 is 5.97 Å². The minimum atomic E-state index is -0.562. The van der Waals surface area contributed by atoms with E-state index in [4.69, 9.17) is 11.6 Å². The zero-order chi connectivity index (χ0) is 9.07. The molecule has 0 saturated carbocycles. The smallest absolute Gasteiger partial charge is 0.311 e. The van der Waals surface area contributed by atoms with E-state index in [-0.39, 0.29) is 5.97 Å². The number of allylic oxidation sites excluding steroid dienone is 1. The van der Waals surface area contributed by atoms with Gasteiger partial charge in [0.15, 0.2) is 0 Å². The van der Waals surface area contributed by atoms with Gasteiger partial charge in [-0.25, -0.2) is 0 Å². The minimum Gasteiger partial charge on any atom is -0.469 e. The van der Waals surface area contributed by atoms with Crippen molar-refractivity contribution in [1.29, 1.82) is 0 Å². The third kappa shape index (κ3) is 3.42. The molecule has 0 radical (unpaired) electrons. The molecule has 0 bridgehead atoms. The summed E-state index contributed by atoms with van der Waals surface area (Å²) in [6, 6.07) is 0. The van der Waals surface area contributed by atoms with Gasteiger partial charge in [0, 0.05) is 5.03 Å². The summed E-state index contributed by atoms with van der Waals surface area (Å²) in [7, 11) is 1.36. The lowest BCUT2D eigenvalue weighted by atomic mass is 9.89. The van der Waals surface area contributed by atoms with E-state index < -0.39 is 5.41 Å². The van der Waals surface area contributed by atoms with Crippen LogP contribution in [0, 0.1) is 5.41 Å². The number of hydrogen-bond donors (Lipinski definition) is 0. The van der Waals surface area contributed by atoms with Crippen LogP contribution < -0.4 is 0 Å². The number of methoxy groups -OCH3 is 1. The lowest BCUT2D eigenvalue weighted by Crippen LogP contribution is -2.25. The zero-order valence-corrected chi connectivity index (χ0v) is 7.86. The van der Waals surface area contributed by atoms with Crippen LogP contribution in [0.15, 0.2) is 11.6 Å². The first kappa shape index (κ1) is 10.5. The van der Waals surface area contributed by atoms with E-state index in [2.05, 4.69) is 11.3 Å². The zero-order valence-electron chi connectivity index (χ0n) is 7.11. The summed E-state index contributed by atoms with van der Waals surface area (Å²) in [5, 5.41) is 0.473. The quantitative estimate of drug-likeness (QED) is 0.617. The summed E-state index contributed by atoms with van der Waals surface area (Å²) in [5.41, 5.74) is -0.562. The Bertz CT molecular complexity index is 173. The molecule has 0 aliphatic rings. The Hall–Kier alpha value is -0.500. The van der Waals surface area contributed by atoms with Gasteiger partial charge in [0.1, 0.15) is 0 Å². The van der Waals surface area contributed by atoms with Crippen molar-refractivity contribution in [3.8, 4) is 0 Å². The highest BCUT2D eigenvalue weighted by atomic mass is 35.5. The monoisotopic (exact) mass is 176 g/mol. The van der Waals surface area contributed by atoms with Crippen molar-refractivity contribution in [2.45, 2.75) is 20.3 Å². The second kappa shape index (κ2) is 3.77. The lowest BCUT2D eigenvalue weighted by molar-refractivity contribution is -0.150. The van der Waals surface area contributed by atoms with Gasteiger partial charge in [-0.05, 0) is 20.3 Å². The third-order valence-corrected chi connectivity index (χ3v) is 1.51. The molecule has 0 saturated heterocycles. The largest absolute Gasteiger partial charge is 0.469 e. The molecule has 0 unspecified atom stereocenters. The molecule has 0 atom stereocenters. The van der Waals surface area contributed by atoms with E-state index >= 15 is 0 Å². The van der Waals surface area contributed by atoms with E-state index in [1.54, 1.807) is 13.8 Å². The van der Waals surface area contributed by atoms with E-state index in [1.165, 1.54) is 7.11 Å². The molecule has 0 fully saturated rings. The molecule has 0 aromatic heterocycles. The number of halogens is 1. The Morgan fingerprint density at radius 3 is 2.36 bits per heavy atom. The van der Waals surface area contributed by atoms with Gasteiger partial charge in [0.05, 0.1) is 12.5 Å². The first-order valence-electron chi connectivity index (χ1n) is 3.32. The molecular weight excluding hydrogens is 164 g/mol. The molecular formula is C8H13ClO2. The van der Waals surface area contributed by atoms with Crippen LogP contribution >= 0.6 is 11.6 Å². The number of esters is 1. The predicted octanol–water partition coefficient (Wildman–Crippen LogP) is 2.33. The number of carbonyl (C=O) groups excluding carboxylic acids is 1. The summed E-state index contributed by atoms with van der Waals surface area (Å²) >= 11 is 5.56. The Labute approximate surface area is 72.2 Å². The van der Waals surface area contributed by atoms with Crippen LogP contribution in [0.3, 0.4) is 0 Å². The Morgan fingerprint density at radius 1 is 1.64 bits per heavy atom. The molecule has 0 N–H and O–H groups in total. The topological polar surface area (TPSA) is 26.3 Å². The molecule has 0 aliphatic carbocycles. The normalized spacial score (nSPS) is 10.9. The molecule has 3 heteroatoms. The first-order valence-corrected chi connectivity index (χ1v) is 3.69. The fourth-order valence-corrected chi connectivity index (χ4v) is 1.16. The maximum atomic E-state index is 11.0. The van der Waals surface area contributed by atoms with Crippen LogP contribution in [0.5, 0.6) is 0 Å². The average molecular weight is 177 g/mol. The molecule has 0 amide bonds. The molecule has 64 valence electrons. The lowest BCUT2D eigenvalue weighted by Gasteiger charge is -2.20.